The summed E-state index contributed by atoms with van der Waals surface area (Å²) in [5.41, 5.74) is 3.73. The van der Waals surface area contributed by atoms with Crippen molar-refractivity contribution in [2.75, 3.05) is 0 Å². The van der Waals surface area contributed by atoms with Crippen molar-refractivity contribution in [3.8, 4) is 5.75 Å². The molecule has 0 radical (unpaired) electrons. The fourth-order valence-electron chi connectivity index (χ4n) is 3.83. The van der Waals surface area contributed by atoms with Crippen molar-refractivity contribution >= 4 is 52.1 Å². The van der Waals surface area contributed by atoms with E-state index in [0.717, 1.165) is 22.4 Å². The molecule has 0 N–H and O–H groups in total. The SMILES string of the molecule is Clc1ccc([C@@H]2Oc3c(Cl)cc(Cl)cc3[C@@H]3CC(c4ccccc4)=NN32)c(Cl)c1. The summed E-state index contributed by atoms with van der Waals surface area (Å²) < 4.78 is 6.32. The van der Waals surface area contributed by atoms with Crippen LogP contribution in [0, 0.1) is 0 Å². The third kappa shape index (κ3) is 3.36. The fraction of sp³-hybridized carbons (Fsp3) is 0.136. The van der Waals surface area contributed by atoms with E-state index in [1.54, 1.807) is 18.2 Å². The van der Waals surface area contributed by atoms with Crippen LogP contribution in [0.4, 0.5) is 0 Å². The van der Waals surface area contributed by atoms with Crippen LogP contribution in [-0.4, -0.2) is 10.7 Å². The lowest BCUT2D eigenvalue weighted by molar-refractivity contribution is -0.0188. The van der Waals surface area contributed by atoms with Crippen LogP contribution in [0.25, 0.3) is 0 Å². The Morgan fingerprint density at radius 3 is 2.34 bits per heavy atom. The van der Waals surface area contributed by atoms with Gasteiger partial charge in [0.1, 0.15) is 5.75 Å². The second kappa shape index (κ2) is 7.41. The van der Waals surface area contributed by atoms with Gasteiger partial charge in [0, 0.05) is 27.6 Å². The van der Waals surface area contributed by atoms with Crippen molar-refractivity contribution < 1.29 is 4.74 Å². The van der Waals surface area contributed by atoms with Gasteiger partial charge in [0.15, 0.2) is 0 Å². The van der Waals surface area contributed by atoms with Crippen LogP contribution in [-0.2, 0) is 0 Å². The van der Waals surface area contributed by atoms with Crippen LogP contribution in [0.15, 0.2) is 65.8 Å². The van der Waals surface area contributed by atoms with E-state index >= 15 is 0 Å². The third-order valence-corrected chi connectivity index (χ3v) is 6.21. The Kier molecular flexibility index (Phi) is 4.87. The van der Waals surface area contributed by atoms with Crippen LogP contribution in [0.3, 0.4) is 0 Å². The number of rotatable bonds is 2. The van der Waals surface area contributed by atoms with Crippen molar-refractivity contribution in [2.45, 2.75) is 18.7 Å². The third-order valence-electron chi connectivity index (χ3n) is 5.14. The number of hydrogen-bond donors (Lipinski definition) is 0. The summed E-state index contributed by atoms with van der Waals surface area (Å²) in [4.78, 5) is 0. The molecule has 29 heavy (non-hydrogen) atoms. The molecule has 2 atom stereocenters. The molecule has 5 rings (SSSR count). The summed E-state index contributed by atoms with van der Waals surface area (Å²) >= 11 is 25.4. The Balaban J connectivity index is 1.66. The summed E-state index contributed by atoms with van der Waals surface area (Å²) in [6, 6.07) is 18.9. The van der Waals surface area contributed by atoms with Gasteiger partial charge in [0.2, 0.25) is 6.23 Å². The van der Waals surface area contributed by atoms with E-state index in [9.17, 15) is 0 Å². The number of benzene rings is 3. The van der Waals surface area contributed by atoms with Gasteiger partial charge in [-0.2, -0.15) is 5.10 Å². The fourth-order valence-corrected chi connectivity index (χ4v) is 4.88. The minimum atomic E-state index is -0.530. The zero-order chi connectivity index (χ0) is 20.1. The summed E-state index contributed by atoms with van der Waals surface area (Å²) in [6.07, 6.45) is 0.177. The minimum absolute atomic E-state index is 0.0677. The van der Waals surface area contributed by atoms with Crippen LogP contribution >= 0.6 is 46.4 Å². The predicted octanol–water partition coefficient (Wildman–Crippen LogP) is 7.54. The number of halogens is 4. The monoisotopic (exact) mass is 462 g/mol. The minimum Gasteiger partial charge on any atom is -0.463 e. The second-order valence-electron chi connectivity index (χ2n) is 6.95. The second-order valence-corrected chi connectivity index (χ2v) is 8.64. The Bertz CT molecular complexity index is 1130. The number of hydrogen-bond acceptors (Lipinski definition) is 3. The van der Waals surface area contributed by atoms with E-state index in [4.69, 9.17) is 56.2 Å². The maximum atomic E-state index is 6.51. The first kappa shape index (κ1) is 19.1. The molecule has 0 saturated carbocycles. The van der Waals surface area contributed by atoms with Crippen LogP contribution in [0.1, 0.15) is 35.4 Å². The quantitative estimate of drug-likeness (QED) is 0.392. The van der Waals surface area contributed by atoms with Gasteiger partial charge in [0.05, 0.1) is 21.8 Å². The summed E-state index contributed by atoms with van der Waals surface area (Å²) in [6.45, 7) is 0. The summed E-state index contributed by atoms with van der Waals surface area (Å²) in [7, 11) is 0. The lowest BCUT2D eigenvalue weighted by Crippen LogP contribution is -2.34. The highest BCUT2D eigenvalue weighted by Crippen LogP contribution is 2.51. The van der Waals surface area contributed by atoms with Crippen LogP contribution in [0.5, 0.6) is 5.75 Å². The average Bonchev–Trinajstić information content (AvgIpc) is 3.15. The standard InChI is InChI=1S/C22H14Cl4N2O/c23-13-6-7-15(17(25)9-13)22-28-20(11-19(27-28)12-4-2-1-3-5-12)16-8-14(24)10-18(26)21(16)29-22/h1-10,20,22H,11H2/t20-,22-/m0/s1. The Hall–Kier alpha value is -1.91. The summed E-state index contributed by atoms with van der Waals surface area (Å²) in [5.74, 6) is 0.609. The molecule has 3 aromatic rings. The van der Waals surface area contributed by atoms with E-state index in [-0.39, 0.29) is 6.04 Å². The van der Waals surface area contributed by atoms with Crippen LogP contribution < -0.4 is 4.74 Å². The lowest BCUT2D eigenvalue weighted by atomic mass is 9.96. The molecule has 3 nitrogen and oxygen atoms in total. The van der Waals surface area contributed by atoms with Gasteiger partial charge in [-0.05, 0) is 29.8 Å². The van der Waals surface area contributed by atoms with Gasteiger partial charge >= 0.3 is 0 Å². The summed E-state index contributed by atoms with van der Waals surface area (Å²) in [5, 5.41) is 8.95. The highest BCUT2D eigenvalue weighted by atomic mass is 35.5. The molecular weight excluding hydrogens is 450 g/mol. The average molecular weight is 464 g/mol. The number of hydrazone groups is 1. The highest BCUT2D eigenvalue weighted by molar-refractivity contribution is 6.36. The van der Waals surface area contributed by atoms with E-state index < -0.39 is 6.23 Å². The molecule has 0 aliphatic carbocycles. The van der Waals surface area contributed by atoms with Gasteiger partial charge in [-0.3, -0.25) is 0 Å². The van der Waals surface area contributed by atoms with Crippen molar-refractivity contribution in [3.05, 3.63) is 97.4 Å². The molecule has 0 amide bonds. The van der Waals surface area contributed by atoms with Gasteiger partial charge in [-0.15, -0.1) is 0 Å². The molecule has 3 aromatic carbocycles. The first-order valence-corrected chi connectivity index (χ1v) is 10.5. The first-order valence-electron chi connectivity index (χ1n) is 9.03. The highest BCUT2D eigenvalue weighted by Gasteiger charge is 2.42. The van der Waals surface area contributed by atoms with Gasteiger partial charge in [-0.1, -0.05) is 82.8 Å². The van der Waals surface area contributed by atoms with Gasteiger partial charge in [0.25, 0.3) is 0 Å². The van der Waals surface area contributed by atoms with Gasteiger partial charge in [-0.25, -0.2) is 5.01 Å². The van der Waals surface area contributed by atoms with Crippen LogP contribution in [0.2, 0.25) is 20.1 Å². The van der Waals surface area contributed by atoms with Crippen molar-refractivity contribution in [1.82, 2.24) is 5.01 Å². The van der Waals surface area contributed by atoms with Crippen molar-refractivity contribution in [3.63, 3.8) is 0 Å². The molecule has 0 unspecified atom stereocenters. The molecular formula is C22H14Cl4N2O. The molecule has 0 spiro atoms. The normalized spacial score (nSPS) is 20.0. The Morgan fingerprint density at radius 1 is 0.828 bits per heavy atom. The van der Waals surface area contributed by atoms with E-state index in [0.29, 0.717) is 32.3 Å². The zero-order valence-corrected chi connectivity index (χ0v) is 18.0. The molecule has 0 bridgehead atoms. The molecule has 146 valence electrons. The lowest BCUT2D eigenvalue weighted by Gasteiger charge is -2.39. The predicted molar refractivity (Wildman–Crippen MR) is 118 cm³/mol. The maximum absolute atomic E-state index is 6.51. The van der Waals surface area contributed by atoms with Crippen molar-refractivity contribution in [2.24, 2.45) is 5.10 Å². The smallest absolute Gasteiger partial charge is 0.215 e. The number of fused-ring (bicyclic) bond motifs is 3. The van der Waals surface area contributed by atoms with E-state index in [1.807, 2.05) is 47.5 Å². The molecule has 7 heteroatoms. The Labute approximate surface area is 188 Å². The maximum Gasteiger partial charge on any atom is 0.215 e. The first-order chi connectivity index (χ1) is 14.0. The number of nitrogens with zero attached hydrogens (tertiary/aromatic N) is 2. The zero-order valence-electron chi connectivity index (χ0n) is 14.9. The molecule has 2 aliphatic rings. The topological polar surface area (TPSA) is 24.8 Å². The molecule has 0 saturated heterocycles. The Morgan fingerprint density at radius 2 is 1.59 bits per heavy atom. The molecule has 0 aromatic heterocycles. The largest absolute Gasteiger partial charge is 0.463 e. The molecule has 2 aliphatic heterocycles. The molecule has 2 heterocycles. The van der Waals surface area contributed by atoms with E-state index in [1.165, 1.54) is 0 Å². The van der Waals surface area contributed by atoms with Gasteiger partial charge < -0.3 is 4.74 Å². The number of ether oxygens (including phenoxy) is 1. The van der Waals surface area contributed by atoms with Crippen molar-refractivity contribution in [1.29, 1.82) is 0 Å². The molecule has 0 fully saturated rings. The van der Waals surface area contributed by atoms with E-state index in [2.05, 4.69) is 0 Å².